The molecule has 0 aliphatic rings. The first-order chi connectivity index (χ1) is 6.20. The van der Waals surface area contributed by atoms with Crippen LogP contribution < -0.4 is 5.73 Å². The van der Waals surface area contributed by atoms with Crippen LogP contribution in [0.4, 0.5) is 0 Å². The Morgan fingerprint density at radius 2 is 2.15 bits per heavy atom. The van der Waals surface area contributed by atoms with Gasteiger partial charge in [0.1, 0.15) is 0 Å². The molecule has 1 aromatic rings. The Bertz CT molecular complexity index is 231. The van der Waals surface area contributed by atoms with Gasteiger partial charge in [-0.25, -0.2) is 0 Å². The molecule has 2 N–H and O–H groups in total. The van der Waals surface area contributed by atoms with E-state index in [0.29, 0.717) is 12.0 Å². The molecule has 0 aliphatic heterocycles. The van der Waals surface area contributed by atoms with Crippen LogP contribution in [0.3, 0.4) is 0 Å². The quantitative estimate of drug-likeness (QED) is 0.766. The number of hydrogen-bond acceptors (Lipinski definition) is 2. The number of nitrogens with two attached hydrogens (primary N) is 1. The van der Waals surface area contributed by atoms with Gasteiger partial charge in [0.2, 0.25) is 0 Å². The third kappa shape index (κ3) is 3.55. The Labute approximate surface area is 80.2 Å². The predicted octanol–water partition coefficient (Wildman–Crippen LogP) is 2.00. The smallest absolute Gasteiger partial charge is 0.0404 e. The first-order valence-corrected chi connectivity index (χ1v) is 4.85. The molecule has 2 heteroatoms. The Morgan fingerprint density at radius 1 is 1.38 bits per heavy atom. The third-order valence-corrected chi connectivity index (χ3v) is 2.32. The van der Waals surface area contributed by atoms with E-state index >= 15 is 0 Å². The number of nitrogens with zero attached hydrogens (tertiary/aromatic N) is 1. The fourth-order valence-electron chi connectivity index (χ4n) is 1.19. The minimum absolute atomic E-state index is 0.294. The highest BCUT2D eigenvalue weighted by molar-refractivity contribution is 5.03. The molecule has 1 unspecified atom stereocenters. The number of aryl methyl sites for hydroxylation is 1. The molecule has 0 bridgehead atoms. The van der Waals surface area contributed by atoms with Crippen molar-refractivity contribution in [3.8, 4) is 0 Å². The average molecular weight is 178 g/mol. The van der Waals surface area contributed by atoms with Crippen molar-refractivity contribution < 1.29 is 0 Å². The molecule has 0 saturated carbocycles. The topological polar surface area (TPSA) is 38.9 Å². The molecule has 0 spiro atoms. The normalized spacial score (nSPS) is 13.2. The van der Waals surface area contributed by atoms with Gasteiger partial charge in [-0.1, -0.05) is 19.9 Å². The lowest BCUT2D eigenvalue weighted by Crippen LogP contribution is -2.26. The lowest BCUT2D eigenvalue weighted by Gasteiger charge is -2.14. The summed E-state index contributed by atoms with van der Waals surface area (Å²) in [6, 6.07) is 6.30. The maximum Gasteiger partial charge on any atom is 0.0404 e. The summed E-state index contributed by atoms with van der Waals surface area (Å²) in [4.78, 5) is 4.25. The van der Waals surface area contributed by atoms with Crippen LogP contribution in [0.5, 0.6) is 0 Å². The second-order valence-electron chi connectivity index (χ2n) is 3.77. The fourth-order valence-corrected chi connectivity index (χ4v) is 1.19. The Kier molecular flexibility index (Phi) is 3.90. The van der Waals surface area contributed by atoms with Crippen LogP contribution in [0, 0.1) is 5.92 Å². The van der Waals surface area contributed by atoms with E-state index in [0.717, 1.165) is 18.5 Å². The van der Waals surface area contributed by atoms with Crippen LogP contribution >= 0.6 is 0 Å². The van der Waals surface area contributed by atoms with Crippen LogP contribution in [0.25, 0.3) is 0 Å². The zero-order valence-electron chi connectivity index (χ0n) is 8.40. The van der Waals surface area contributed by atoms with Crippen molar-refractivity contribution in [3.05, 3.63) is 30.1 Å². The van der Waals surface area contributed by atoms with Gasteiger partial charge in [-0.3, -0.25) is 4.98 Å². The molecule has 2 nitrogen and oxygen atoms in total. The summed E-state index contributed by atoms with van der Waals surface area (Å²) < 4.78 is 0. The molecule has 72 valence electrons. The molecule has 1 atom stereocenters. The number of pyridine rings is 1. The molecular formula is C11H18N2. The average Bonchev–Trinajstić information content (AvgIpc) is 2.15. The highest BCUT2D eigenvalue weighted by Gasteiger charge is 2.07. The second-order valence-corrected chi connectivity index (χ2v) is 3.77. The minimum Gasteiger partial charge on any atom is -0.327 e. The Hall–Kier alpha value is -0.890. The Balaban J connectivity index is 2.35. The van der Waals surface area contributed by atoms with Crippen molar-refractivity contribution in [2.75, 3.05) is 0 Å². The molecule has 0 saturated heterocycles. The summed E-state index contributed by atoms with van der Waals surface area (Å²) >= 11 is 0. The molecule has 13 heavy (non-hydrogen) atoms. The van der Waals surface area contributed by atoms with Crippen LogP contribution in [0.15, 0.2) is 24.4 Å². The standard InChI is InChI=1S/C11H18N2/c1-9(2)11(12)7-6-10-5-3-4-8-13-10/h3-5,8-9,11H,6-7,12H2,1-2H3. The monoisotopic (exact) mass is 178 g/mol. The fraction of sp³-hybridized carbons (Fsp3) is 0.545. The van der Waals surface area contributed by atoms with Crippen LogP contribution in [-0.2, 0) is 6.42 Å². The summed E-state index contributed by atoms with van der Waals surface area (Å²) in [5.41, 5.74) is 7.07. The molecule has 1 heterocycles. The van der Waals surface area contributed by atoms with E-state index in [1.165, 1.54) is 0 Å². The molecule has 1 aromatic heterocycles. The molecular weight excluding hydrogens is 160 g/mol. The minimum atomic E-state index is 0.294. The van der Waals surface area contributed by atoms with Crippen molar-refractivity contribution in [1.82, 2.24) is 4.98 Å². The summed E-state index contributed by atoms with van der Waals surface area (Å²) in [6.07, 6.45) is 3.84. The lowest BCUT2D eigenvalue weighted by atomic mass is 9.99. The van der Waals surface area contributed by atoms with Crippen LogP contribution in [-0.4, -0.2) is 11.0 Å². The van der Waals surface area contributed by atoms with E-state index in [4.69, 9.17) is 5.73 Å². The summed E-state index contributed by atoms with van der Waals surface area (Å²) in [6.45, 7) is 4.31. The van der Waals surface area contributed by atoms with Crippen molar-refractivity contribution in [2.24, 2.45) is 11.7 Å². The highest BCUT2D eigenvalue weighted by atomic mass is 14.7. The summed E-state index contributed by atoms with van der Waals surface area (Å²) in [7, 11) is 0. The summed E-state index contributed by atoms with van der Waals surface area (Å²) in [5.74, 6) is 0.559. The molecule has 0 aliphatic carbocycles. The lowest BCUT2D eigenvalue weighted by molar-refractivity contribution is 0.462. The molecule has 0 amide bonds. The summed E-state index contributed by atoms with van der Waals surface area (Å²) in [5, 5.41) is 0. The SMILES string of the molecule is CC(C)C(N)CCc1ccccn1. The van der Waals surface area contributed by atoms with Gasteiger partial charge in [0.15, 0.2) is 0 Å². The molecule has 0 aromatic carbocycles. The van der Waals surface area contributed by atoms with Crippen molar-refractivity contribution in [1.29, 1.82) is 0 Å². The van der Waals surface area contributed by atoms with E-state index < -0.39 is 0 Å². The third-order valence-electron chi connectivity index (χ3n) is 2.32. The van der Waals surface area contributed by atoms with Gasteiger partial charge < -0.3 is 5.73 Å². The van der Waals surface area contributed by atoms with E-state index in [2.05, 4.69) is 18.8 Å². The first kappa shape index (κ1) is 10.2. The van der Waals surface area contributed by atoms with Gasteiger partial charge in [0, 0.05) is 17.9 Å². The predicted molar refractivity (Wildman–Crippen MR) is 55.4 cm³/mol. The first-order valence-electron chi connectivity index (χ1n) is 4.85. The van der Waals surface area contributed by atoms with Gasteiger partial charge in [-0.05, 0) is 30.9 Å². The zero-order valence-corrected chi connectivity index (χ0v) is 8.40. The molecule has 0 fully saturated rings. The van der Waals surface area contributed by atoms with Gasteiger partial charge in [-0.2, -0.15) is 0 Å². The number of aromatic nitrogens is 1. The zero-order chi connectivity index (χ0) is 9.68. The highest BCUT2D eigenvalue weighted by Crippen LogP contribution is 2.06. The van der Waals surface area contributed by atoms with Crippen molar-refractivity contribution in [2.45, 2.75) is 32.7 Å². The van der Waals surface area contributed by atoms with Crippen LogP contribution in [0.1, 0.15) is 26.0 Å². The maximum atomic E-state index is 5.94. The van der Waals surface area contributed by atoms with Gasteiger partial charge >= 0.3 is 0 Å². The number of hydrogen-bond donors (Lipinski definition) is 1. The van der Waals surface area contributed by atoms with E-state index in [1.807, 2.05) is 24.4 Å². The van der Waals surface area contributed by atoms with Gasteiger partial charge in [0.05, 0.1) is 0 Å². The van der Waals surface area contributed by atoms with E-state index in [-0.39, 0.29) is 0 Å². The Morgan fingerprint density at radius 3 is 2.69 bits per heavy atom. The largest absolute Gasteiger partial charge is 0.327 e. The number of rotatable bonds is 4. The van der Waals surface area contributed by atoms with Crippen molar-refractivity contribution >= 4 is 0 Å². The van der Waals surface area contributed by atoms with E-state index in [1.54, 1.807) is 0 Å². The van der Waals surface area contributed by atoms with Gasteiger partial charge in [0.25, 0.3) is 0 Å². The molecule has 1 rings (SSSR count). The van der Waals surface area contributed by atoms with E-state index in [9.17, 15) is 0 Å². The van der Waals surface area contributed by atoms with Crippen molar-refractivity contribution in [3.63, 3.8) is 0 Å². The maximum absolute atomic E-state index is 5.94. The molecule has 0 radical (unpaired) electrons. The van der Waals surface area contributed by atoms with Gasteiger partial charge in [-0.15, -0.1) is 0 Å². The second kappa shape index (κ2) is 4.97. The van der Waals surface area contributed by atoms with Crippen LogP contribution in [0.2, 0.25) is 0 Å².